The molecule has 0 radical (unpaired) electrons. The fourth-order valence-electron chi connectivity index (χ4n) is 3.21. The summed E-state index contributed by atoms with van der Waals surface area (Å²) in [4.78, 5) is 0. The molecule has 2 aliphatic rings. The molecule has 0 heterocycles. The minimum Gasteiger partial charge on any atom is -0.491 e. The summed E-state index contributed by atoms with van der Waals surface area (Å²) >= 11 is 0. The first-order valence-electron chi connectivity index (χ1n) is 7.22. The van der Waals surface area contributed by atoms with Crippen molar-refractivity contribution in [3.8, 4) is 5.75 Å². The van der Waals surface area contributed by atoms with Crippen molar-refractivity contribution in [3.63, 3.8) is 0 Å². The van der Waals surface area contributed by atoms with Crippen LogP contribution >= 0.6 is 0 Å². The first kappa shape index (κ1) is 12.0. The van der Waals surface area contributed by atoms with E-state index in [4.69, 9.17) is 4.74 Å². The van der Waals surface area contributed by atoms with Crippen molar-refractivity contribution in [2.45, 2.75) is 57.0 Å². The molecule has 2 aliphatic carbocycles. The maximum absolute atomic E-state index is 10.4. The van der Waals surface area contributed by atoms with Gasteiger partial charge >= 0.3 is 0 Å². The summed E-state index contributed by atoms with van der Waals surface area (Å²) in [6.07, 6.45) is 8.93. The summed E-state index contributed by atoms with van der Waals surface area (Å²) in [5.41, 5.74) is 2.32. The maximum Gasteiger partial charge on any atom is 0.119 e. The summed E-state index contributed by atoms with van der Waals surface area (Å²) in [5, 5.41) is 10.4. The Hall–Kier alpha value is -1.02. The van der Waals surface area contributed by atoms with Crippen LogP contribution in [0.2, 0.25) is 0 Å². The van der Waals surface area contributed by atoms with E-state index in [1.54, 1.807) is 0 Å². The Kier molecular flexibility index (Phi) is 3.29. The van der Waals surface area contributed by atoms with Crippen molar-refractivity contribution in [2.24, 2.45) is 0 Å². The fraction of sp³-hybridized carbons (Fsp3) is 0.625. The lowest BCUT2D eigenvalue weighted by Crippen LogP contribution is -2.37. The van der Waals surface area contributed by atoms with Crippen LogP contribution in [0.4, 0.5) is 0 Å². The van der Waals surface area contributed by atoms with Crippen molar-refractivity contribution in [3.05, 3.63) is 29.3 Å². The molecule has 1 aromatic carbocycles. The molecule has 0 saturated heterocycles. The Bertz CT molecular complexity index is 419. The molecule has 0 atom stereocenters. The smallest absolute Gasteiger partial charge is 0.119 e. The van der Waals surface area contributed by atoms with E-state index in [-0.39, 0.29) is 0 Å². The van der Waals surface area contributed by atoms with Gasteiger partial charge in [0.2, 0.25) is 0 Å². The van der Waals surface area contributed by atoms with E-state index in [1.807, 2.05) is 0 Å². The van der Waals surface area contributed by atoms with Gasteiger partial charge in [0.1, 0.15) is 12.4 Å². The molecule has 0 unspecified atom stereocenters. The van der Waals surface area contributed by atoms with Gasteiger partial charge in [-0.05, 0) is 55.4 Å². The topological polar surface area (TPSA) is 29.5 Å². The number of benzene rings is 1. The van der Waals surface area contributed by atoms with E-state index in [9.17, 15) is 5.11 Å². The lowest BCUT2D eigenvalue weighted by Gasteiger charge is -2.31. The van der Waals surface area contributed by atoms with E-state index in [1.165, 1.54) is 36.8 Å². The van der Waals surface area contributed by atoms with Crippen LogP contribution in [0, 0.1) is 0 Å². The molecule has 2 nitrogen and oxygen atoms in total. The molecule has 18 heavy (non-hydrogen) atoms. The van der Waals surface area contributed by atoms with Crippen LogP contribution in [0.1, 0.15) is 49.7 Å². The van der Waals surface area contributed by atoms with Crippen LogP contribution in [0.3, 0.4) is 0 Å². The lowest BCUT2D eigenvalue weighted by atomic mass is 9.85. The first-order valence-corrected chi connectivity index (χ1v) is 7.22. The Balaban J connectivity index is 1.62. The van der Waals surface area contributed by atoms with Crippen molar-refractivity contribution in [1.82, 2.24) is 0 Å². The van der Waals surface area contributed by atoms with Gasteiger partial charge in [-0.2, -0.15) is 0 Å². The van der Waals surface area contributed by atoms with Crippen molar-refractivity contribution < 1.29 is 9.84 Å². The van der Waals surface area contributed by atoms with Crippen LogP contribution in [0.25, 0.3) is 0 Å². The van der Waals surface area contributed by atoms with Crippen LogP contribution in [0.5, 0.6) is 5.75 Å². The van der Waals surface area contributed by atoms with Crippen LogP contribution < -0.4 is 4.74 Å². The number of fused-ring (bicyclic) bond motifs is 1. The predicted octanol–water partition coefficient (Wildman–Crippen LogP) is 3.25. The summed E-state index contributed by atoms with van der Waals surface area (Å²) in [7, 11) is 0. The van der Waals surface area contributed by atoms with Crippen LogP contribution in [0.15, 0.2) is 18.2 Å². The number of hydrogen-bond acceptors (Lipinski definition) is 2. The van der Waals surface area contributed by atoms with Gasteiger partial charge in [0.25, 0.3) is 0 Å². The zero-order chi connectivity index (χ0) is 12.4. The van der Waals surface area contributed by atoms with Crippen LogP contribution in [-0.4, -0.2) is 17.3 Å². The summed E-state index contributed by atoms with van der Waals surface area (Å²) in [6.45, 7) is 0.450. The van der Waals surface area contributed by atoms with E-state index in [0.717, 1.165) is 31.4 Å². The third kappa shape index (κ3) is 2.54. The Morgan fingerprint density at radius 2 is 1.78 bits per heavy atom. The lowest BCUT2D eigenvalue weighted by molar-refractivity contribution is -0.0339. The van der Waals surface area contributed by atoms with Gasteiger partial charge in [-0.1, -0.05) is 25.3 Å². The van der Waals surface area contributed by atoms with Gasteiger partial charge in [0, 0.05) is 0 Å². The third-order valence-electron chi connectivity index (χ3n) is 4.36. The van der Waals surface area contributed by atoms with Gasteiger partial charge in [-0.15, -0.1) is 0 Å². The molecule has 1 fully saturated rings. The number of rotatable bonds is 3. The fourth-order valence-corrected chi connectivity index (χ4v) is 3.21. The summed E-state index contributed by atoms with van der Waals surface area (Å²) < 4.78 is 5.82. The number of hydrogen-bond donors (Lipinski definition) is 1. The number of ether oxygens (including phenoxy) is 1. The van der Waals surface area contributed by atoms with Gasteiger partial charge in [0.05, 0.1) is 5.60 Å². The zero-order valence-corrected chi connectivity index (χ0v) is 11.0. The second-order valence-electron chi connectivity index (χ2n) is 5.86. The second-order valence-corrected chi connectivity index (χ2v) is 5.86. The Labute approximate surface area is 109 Å². The third-order valence-corrected chi connectivity index (χ3v) is 4.36. The number of aliphatic hydroxyl groups is 1. The minimum absolute atomic E-state index is 0.450. The molecule has 3 rings (SSSR count). The van der Waals surface area contributed by atoms with E-state index >= 15 is 0 Å². The summed E-state index contributed by atoms with van der Waals surface area (Å²) in [5.74, 6) is 0.926. The van der Waals surface area contributed by atoms with E-state index in [0.29, 0.717) is 6.61 Å². The minimum atomic E-state index is -0.586. The predicted molar refractivity (Wildman–Crippen MR) is 72.0 cm³/mol. The van der Waals surface area contributed by atoms with Crippen molar-refractivity contribution >= 4 is 0 Å². The monoisotopic (exact) mass is 246 g/mol. The van der Waals surface area contributed by atoms with Gasteiger partial charge in [0.15, 0.2) is 0 Å². The summed E-state index contributed by atoms with van der Waals surface area (Å²) in [6, 6.07) is 6.40. The van der Waals surface area contributed by atoms with Crippen molar-refractivity contribution in [1.29, 1.82) is 0 Å². The largest absolute Gasteiger partial charge is 0.491 e. The molecule has 0 bridgehead atoms. The molecule has 0 aliphatic heterocycles. The Morgan fingerprint density at radius 3 is 2.61 bits per heavy atom. The highest BCUT2D eigenvalue weighted by Gasteiger charge is 2.30. The maximum atomic E-state index is 10.4. The highest BCUT2D eigenvalue weighted by Crippen LogP contribution is 2.30. The SMILES string of the molecule is OC1(COc2ccc3c(c2)CCC3)CCCCC1. The van der Waals surface area contributed by atoms with E-state index < -0.39 is 5.60 Å². The molecule has 0 aromatic heterocycles. The molecule has 1 saturated carbocycles. The quantitative estimate of drug-likeness (QED) is 0.887. The van der Waals surface area contributed by atoms with E-state index in [2.05, 4.69) is 18.2 Å². The molecule has 1 N–H and O–H groups in total. The highest BCUT2D eigenvalue weighted by atomic mass is 16.5. The van der Waals surface area contributed by atoms with Crippen molar-refractivity contribution in [2.75, 3.05) is 6.61 Å². The first-order chi connectivity index (χ1) is 8.75. The molecular formula is C16H22O2. The molecule has 0 amide bonds. The zero-order valence-electron chi connectivity index (χ0n) is 11.0. The molecule has 98 valence electrons. The molecule has 1 aromatic rings. The molecule has 2 heteroatoms. The van der Waals surface area contributed by atoms with Crippen LogP contribution in [-0.2, 0) is 12.8 Å². The molecular weight excluding hydrogens is 224 g/mol. The highest BCUT2D eigenvalue weighted by molar-refractivity contribution is 5.38. The van der Waals surface area contributed by atoms with Gasteiger partial charge in [-0.3, -0.25) is 0 Å². The Morgan fingerprint density at radius 1 is 1.00 bits per heavy atom. The number of aryl methyl sites for hydroxylation is 2. The standard InChI is InChI=1S/C16H22O2/c17-16(9-2-1-3-10-16)12-18-15-8-7-13-5-4-6-14(13)11-15/h7-8,11,17H,1-6,9-10,12H2. The average molecular weight is 246 g/mol. The normalized spacial score (nSPS) is 21.6. The molecule has 0 spiro atoms. The average Bonchev–Trinajstić information content (AvgIpc) is 2.85. The second kappa shape index (κ2) is 4.93. The van der Waals surface area contributed by atoms with Gasteiger partial charge in [-0.25, -0.2) is 0 Å². The van der Waals surface area contributed by atoms with Gasteiger partial charge < -0.3 is 9.84 Å².